The Hall–Kier alpha value is -3.74. The predicted octanol–water partition coefficient (Wildman–Crippen LogP) is 4.63. The molecule has 1 aliphatic heterocycles. The maximum atomic E-state index is 13.2. The highest BCUT2D eigenvalue weighted by atomic mass is 19.1. The van der Waals surface area contributed by atoms with E-state index in [4.69, 9.17) is 4.52 Å². The van der Waals surface area contributed by atoms with Crippen molar-refractivity contribution in [2.45, 2.75) is 31.8 Å². The largest absolute Gasteiger partial charge is 0.348 e. The second-order valence-electron chi connectivity index (χ2n) is 7.90. The molecule has 1 unspecified atom stereocenters. The van der Waals surface area contributed by atoms with Gasteiger partial charge in [-0.1, -0.05) is 35.5 Å². The van der Waals surface area contributed by atoms with Crippen LogP contribution in [0.3, 0.4) is 0 Å². The second-order valence-corrected chi connectivity index (χ2v) is 7.90. The van der Waals surface area contributed by atoms with Gasteiger partial charge in [-0.2, -0.15) is 4.98 Å². The number of carbonyl (C=O) groups excluding carboxylic acids is 1. The van der Waals surface area contributed by atoms with Gasteiger partial charge in [0.15, 0.2) is 0 Å². The van der Waals surface area contributed by atoms with E-state index in [1.165, 1.54) is 12.1 Å². The summed E-state index contributed by atoms with van der Waals surface area (Å²) in [4.78, 5) is 19.5. The monoisotopic (exact) mass is 430 g/mol. The van der Waals surface area contributed by atoms with Crippen LogP contribution in [0.4, 0.5) is 4.39 Å². The van der Waals surface area contributed by atoms with Crippen LogP contribution in [0.5, 0.6) is 0 Å². The number of nitrogens with zero attached hydrogens (tertiary/aromatic N) is 4. The van der Waals surface area contributed by atoms with Crippen LogP contribution < -0.4 is 0 Å². The van der Waals surface area contributed by atoms with Gasteiger partial charge in [-0.05, 0) is 48.4 Å². The first kappa shape index (κ1) is 20.2. The summed E-state index contributed by atoms with van der Waals surface area (Å²) in [6.07, 6.45) is 3.60. The van der Waals surface area contributed by atoms with Crippen molar-refractivity contribution in [2.24, 2.45) is 0 Å². The molecule has 162 valence electrons. The second kappa shape index (κ2) is 8.78. The van der Waals surface area contributed by atoms with Gasteiger partial charge in [-0.15, -0.1) is 0 Å². The summed E-state index contributed by atoms with van der Waals surface area (Å²) < 4.78 is 20.6. The molecule has 0 fully saturated rings. The summed E-state index contributed by atoms with van der Waals surface area (Å²) >= 11 is 0. The van der Waals surface area contributed by atoms with Gasteiger partial charge in [0.25, 0.3) is 0 Å². The minimum absolute atomic E-state index is 0.0825. The van der Waals surface area contributed by atoms with Crippen molar-refractivity contribution >= 4 is 5.91 Å². The quantitative estimate of drug-likeness (QED) is 0.447. The number of carbonyl (C=O) groups is 1. The molecule has 4 aromatic rings. The number of halogens is 1. The summed E-state index contributed by atoms with van der Waals surface area (Å²) in [5, 5.41) is 3.97. The van der Waals surface area contributed by atoms with Crippen molar-refractivity contribution in [3.8, 4) is 11.4 Å². The number of rotatable bonds is 6. The van der Waals surface area contributed by atoms with Crippen LogP contribution in [0.15, 0.2) is 77.4 Å². The van der Waals surface area contributed by atoms with Crippen LogP contribution in [0.2, 0.25) is 0 Å². The fourth-order valence-corrected chi connectivity index (χ4v) is 4.25. The molecule has 0 saturated carbocycles. The molecule has 6 nitrogen and oxygen atoms in total. The third-order valence-corrected chi connectivity index (χ3v) is 5.83. The van der Waals surface area contributed by atoms with Crippen LogP contribution in [-0.4, -0.2) is 32.1 Å². The third kappa shape index (κ3) is 4.06. The molecule has 2 aromatic heterocycles. The van der Waals surface area contributed by atoms with E-state index in [0.717, 1.165) is 17.8 Å². The van der Waals surface area contributed by atoms with Crippen LogP contribution in [0.1, 0.15) is 36.0 Å². The summed E-state index contributed by atoms with van der Waals surface area (Å²) in [5.74, 6) is 0.705. The van der Waals surface area contributed by atoms with Crippen molar-refractivity contribution < 1.29 is 13.7 Å². The first-order valence-electron chi connectivity index (χ1n) is 10.8. The van der Waals surface area contributed by atoms with Crippen molar-refractivity contribution in [3.05, 3.63) is 95.9 Å². The fraction of sp³-hybridized carbons (Fsp3) is 0.240. The third-order valence-electron chi connectivity index (χ3n) is 5.83. The lowest BCUT2D eigenvalue weighted by Crippen LogP contribution is -2.42. The Morgan fingerprint density at radius 1 is 1.03 bits per heavy atom. The fourth-order valence-electron chi connectivity index (χ4n) is 4.25. The number of hydrogen-bond donors (Lipinski definition) is 0. The Bertz CT molecular complexity index is 1200. The maximum absolute atomic E-state index is 13.2. The molecular formula is C25H23FN4O2. The average molecular weight is 430 g/mol. The molecule has 0 radical (unpaired) electrons. The van der Waals surface area contributed by atoms with Crippen molar-refractivity contribution in [3.63, 3.8) is 0 Å². The standard InChI is InChI=1S/C25H23FN4O2/c26-20-13-11-19(12-14-20)25-27-22(32-28-25)9-4-10-23(31)30-17-16-29-15-5-8-21(29)24(30)18-6-2-1-3-7-18/h1-3,5-8,11-15,24H,4,9-10,16-17H2. The molecule has 0 spiro atoms. The molecule has 0 saturated heterocycles. The highest BCUT2D eigenvalue weighted by Gasteiger charge is 2.31. The average Bonchev–Trinajstić information content (AvgIpc) is 3.49. The number of amides is 1. The van der Waals surface area contributed by atoms with Crippen LogP contribution >= 0.6 is 0 Å². The molecule has 1 atom stereocenters. The highest BCUT2D eigenvalue weighted by Crippen LogP contribution is 2.33. The van der Waals surface area contributed by atoms with Crippen molar-refractivity contribution in [1.82, 2.24) is 19.6 Å². The highest BCUT2D eigenvalue weighted by molar-refractivity contribution is 5.77. The van der Waals surface area contributed by atoms with Crippen LogP contribution in [0.25, 0.3) is 11.4 Å². The van der Waals surface area contributed by atoms with E-state index in [9.17, 15) is 9.18 Å². The Kier molecular flexibility index (Phi) is 5.54. The Morgan fingerprint density at radius 3 is 2.66 bits per heavy atom. The van der Waals surface area contributed by atoms with Crippen LogP contribution in [0, 0.1) is 5.82 Å². The van der Waals surface area contributed by atoms with E-state index in [0.29, 0.717) is 43.1 Å². The zero-order valence-electron chi connectivity index (χ0n) is 17.5. The molecule has 1 aliphatic rings. The number of benzene rings is 2. The van der Waals surface area contributed by atoms with Gasteiger partial charge in [0.1, 0.15) is 5.82 Å². The van der Waals surface area contributed by atoms with E-state index < -0.39 is 0 Å². The maximum Gasteiger partial charge on any atom is 0.226 e. The minimum atomic E-state index is -0.310. The summed E-state index contributed by atoms with van der Waals surface area (Å²) in [7, 11) is 0. The Labute approximate surface area is 185 Å². The van der Waals surface area contributed by atoms with Gasteiger partial charge in [0.05, 0.1) is 6.04 Å². The first-order valence-corrected chi connectivity index (χ1v) is 10.8. The summed E-state index contributed by atoms with van der Waals surface area (Å²) in [6.45, 7) is 1.47. The lowest BCUT2D eigenvalue weighted by molar-refractivity contribution is -0.134. The number of fused-ring (bicyclic) bond motifs is 1. The van der Waals surface area contributed by atoms with Gasteiger partial charge in [0.2, 0.25) is 17.6 Å². The zero-order valence-corrected chi connectivity index (χ0v) is 17.5. The van der Waals surface area contributed by atoms with Gasteiger partial charge in [-0.25, -0.2) is 4.39 Å². The topological polar surface area (TPSA) is 64.2 Å². The molecular weight excluding hydrogens is 407 g/mol. The first-order chi connectivity index (χ1) is 15.7. The van der Waals surface area contributed by atoms with E-state index in [1.807, 2.05) is 29.2 Å². The SMILES string of the molecule is O=C(CCCc1nc(-c2ccc(F)cc2)no1)N1CCn2cccc2C1c1ccccc1. The molecule has 32 heavy (non-hydrogen) atoms. The van der Waals surface area contributed by atoms with Crippen molar-refractivity contribution in [1.29, 1.82) is 0 Å². The number of hydrogen-bond acceptors (Lipinski definition) is 4. The van der Waals surface area contributed by atoms with E-state index >= 15 is 0 Å². The van der Waals surface area contributed by atoms with E-state index in [2.05, 4.69) is 39.1 Å². The lowest BCUT2D eigenvalue weighted by Gasteiger charge is -2.37. The number of aromatic nitrogens is 3. The van der Waals surface area contributed by atoms with Gasteiger partial charge < -0.3 is 14.0 Å². The lowest BCUT2D eigenvalue weighted by atomic mass is 9.99. The summed E-state index contributed by atoms with van der Waals surface area (Å²) in [6, 6.07) is 20.1. The van der Waals surface area contributed by atoms with Crippen molar-refractivity contribution in [2.75, 3.05) is 6.54 Å². The zero-order chi connectivity index (χ0) is 21.9. The Morgan fingerprint density at radius 2 is 1.84 bits per heavy atom. The molecule has 0 aliphatic carbocycles. The van der Waals surface area contributed by atoms with Crippen LogP contribution in [-0.2, 0) is 17.8 Å². The molecule has 0 bridgehead atoms. The number of aryl methyl sites for hydroxylation is 1. The van der Waals surface area contributed by atoms with Gasteiger partial charge >= 0.3 is 0 Å². The molecule has 2 aromatic carbocycles. The van der Waals surface area contributed by atoms with Gasteiger partial charge in [-0.3, -0.25) is 4.79 Å². The minimum Gasteiger partial charge on any atom is -0.348 e. The molecule has 5 rings (SSSR count). The smallest absolute Gasteiger partial charge is 0.226 e. The predicted molar refractivity (Wildman–Crippen MR) is 117 cm³/mol. The molecule has 1 amide bonds. The summed E-state index contributed by atoms with van der Waals surface area (Å²) in [5.41, 5.74) is 2.94. The van der Waals surface area contributed by atoms with Gasteiger partial charge in [0, 0.05) is 43.4 Å². The molecule has 0 N–H and O–H groups in total. The normalized spacial score (nSPS) is 15.5. The van der Waals surface area contributed by atoms with E-state index in [-0.39, 0.29) is 17.8 Å². The molecule has 3 heterocycles. The molecule has 7 heteroatoms. The Balaban J connectivity index is 1.24. The van der Waals surface area contributed by atoms with E-state index in [1.54, 1.807) is 12.1 Å².